The third-order valence-corrected chi connectivity index (χ3v) is 4.30. The van der Waals surface area contributed by atoms with E-state index in [2.05, 4.69) is 4.72 Å². The van der Waals surface area contributed by atoms with Crippen LogP contribution in [0, 0.1) is 5.92 Å². The Labute approximate surface area is 104 Å². The first-order valence-electron chi connectivity index (χ1n) is 5.32. The lowest BCUT2D eigenvalue weighted by Gasteiger charge is -2.25. The van der Waals surface area contributed by atoms with E-state index in [1.54, 1.807) is 13.8 Å². The number of rotatable bonds is 7. The number of nitrogens with two attached hydrogens (primary N) is 1. The van der Waals surface area contributed by atoms with E-state index in [4.69, 9.17) is 18.0 Å². The van der Waals surface area contributed by atoms with Crippen molar-refractivity contribution in [3.05, 3.63) is 0 Å². The summed E-state index contributed by atoms with van der Waals surface area (Å²) >= 11 is 4.85. The molecule has 0 saturated heterocycles. The van der Waals surface area contributed by atoms with Gasteiger partial charge in [0.2, 0.25) is 0 Å². The SMILES string of the molecule is CCN(CC)S(=O)(=O)NC(C(N)=S)C(C)C. The van der Waals surface area contributed by atoms with Gasteiger partial charge in [-0.1, -0.05) is 39.9 Å². The summed E-state index contributed by atoms with van der Waals surface area (Å²) in [5.41, 5.74) is 5.51. The predicted octanol–water partition coefficient (Wildman–Crippen LogP) is 0.473. The second kappa shape index (κ2) is 6.48. The Kier molecular flexibility index (Phi) is 6.39. The third kappa shape index (κ3) is 4.32. The lowest BCUT2D eigenvalue weighted by atomic mass is 10.1. The molecule has 0 aromatic rings. The van der Waals surface area contributed by atoms with Crippen LogP contribution in [-0.4, -0.2) is 36.8 Å². The third-order valence-electron chi connectivity index (χ3n) is 2.29. The van der Waals surface area contributed by atoms with Gasteiger partial charge in [-0.3, -0.25) is 0 Å². The topological polar surface area (TPSA) is 75.4 Å². The fourth-order valence-corrected chi connectivity index (χ4v) is 3.28. The zero-order chi connectivity index (χ0) is 12.9. The van der Waals surface area contributed by atoms with E-state index in [0.29, 0.717) is 13.1 Å². The summed E-state index contributed by atoms with van der Waals surface area (Å²) in [5.74, 6) is 0.0304. The summed E-state index contributed by atoms with van der Waals surface area (Å²) in [6.45, 7) is 8.16. The molecule has 0 rings (SSSR count). The number of nitrogens with zero attached hydrogens (tertiary/aromatic N) is 1. The van der Waals surface area contributed by atoms with Gasteiger partial charge in [-0.15, -0.1) is 0 Å². The molecule has 0 aliphatic rings. The van der Waals surface area contributed by atoms with Gasteiger partial charge in [0, 0.05) is 13.1 Å². The monoisotopic (exact) mass is 267 g/mol. The van der Waals surface area contributed by atoms with E-state index in [9.17, 15) is 8.42 Å². The van der Waals surface area contributed by atoms with Gasteiger partial charge < -0.3 is 5.73 Å². The molecule has 3 N–H and O–H groups in total. The van der Waals surface area contributed by atoms with Crippen molar-refractivity contribution >= 4 is 27.4 Å². The largest absolute Gasteiger partial charge is 0.392 e. The van der Waals surface area contributed by atoms with Gasteiger partial charge in [-0.25, -0.2) is 0 Å². The van der Waals surface area contributed by atoms with E-state index in [0.717, 1.165) is 0 Å². The van der Waals surface area contributed by atoms with E-state index in [-0.39, 0.29) is 10.9 Å². The summed E-state index contributed by atoms with van der Waals surface area (Å²) in [4.78, 5) is 0.172. The Balaban J connectivity index is 4.86. The molecule has 0 spiro atoms. The molecule has 0 saturated carbocycles. The maximum Gasteiger partial charge on any atom is 0.280 e. The van der Waals surface area contributed by atoms with Crippen LogP contribution in [0.2, 0.25) is 0 Å². The van der Waals surface area contributed by atoms with Crippen LogP contribution in [0.4, 0.5) is 0 Å². The number of hydrogen-bond acceptors (Lipinski definition) is 3. The van der Waals surface area contributed by atoms with E-state index >= 15 is 0 Å². The van der Waals surface area contributed by atoms with Gasteiger partial charge in [0.05, 0.1) is 11.0 Å². The van der Waals surface area contributed by atoms with Gasteiger partial charge in [-0.2, -0.15) is 17.4 Å². The summed E-state index contributed by atoms with van der Waals surface area (Å²) in [6.07, 6.45) is 0. The molecule has 7 heteroatoms. The van der Waals surface area contributed by atoms with Gasteiger partial charge >= 0.3 is 0 Å². The minimum Gasteiger partial charge on any atom is -0.392 e. The molecule has 5 nitrogen and oxygen atoms in total. The summed E-state index contributed by atoms with van der Waals surface area (Å²) in [6, 6.07) is -0.499. The predicted molar refractivity (Wildman–Crippen MR) is 70.4 cm³/mol. The highest BCUT2D eigenvalue weighted by Gasteiger charge is 2.26. The Hall–Kier alpha value is -0.240. The standard InChI is InChI=1S/C9H21N3O2S2/c1-5-12(6-2)16(13,14)11-8(7(3)4)9(10)15/h7-8,11H,5-6H2,1-4H3,(H2,10,15). The Morgan fingerprint density at radius 2 is 1.81 bits per heavy atom. The van der Waals surface area contributed by atoms with Gasteiger partial charge in [0.25, 0.3) is 10.2 Å². The van der Waals surface area contributed by atoms with Crippen LogP contribution in [0.5, 0.6) is 0 Å². The molecule has 96 valence electrons. The van der Waals surface area contributed by atoms with Crippen molar-refractivity contribution in [2.24, 2.45) is 11.7 Å². The zero-order valence-corrected chi connectivity index (χ0v) is 11.9. The molecule has 0 aliphatic heterocycles. The first kappa shape index (κ1) is 15.8. The molecule has 1 atom stereocenters. The second-order valence-electron chi connectivity index (χ2n) is 3.83. The van der Waals surface area contributed by atoms with Crippen molar-refractivity contribution in [1.82, 2.24) is 9.03 Å². The molecule has 16 heavy (non-hydrogen) atoms. The lowest BCUT2D eigenvalue weighted by Crippen LogP contribution is -2.51. The Morgan fingerprint density at radius 1 is 1.38 bits per heavy atom. The fraction of sp³-hybridized carbons (Fsp3) is 0.889. The molecule has 0 amide bonds. The van der Waals surface area contributed by atoms with E-state index in [1.807, 2.05) is 13.8 Å². The molecule has 1 unspecified atom stereocenters. The number of thiocarbonyl (C=S) groups is 1. The lowest BCUT2D eigenvalue weighted by molar-refractivity contribution is 0.422. The molecule has 0 aliphatic carbocycles. The second-order valence-corrected chi connectivity index (χ2v) is 6.00. The van der Waals surface area contributed by atoms with Crippen molar-refractivity contribution in [2.75, 3.05) is 13.1 Å². The molecular formula is C9H21N3O2S2. The van der Waals surface area contributed by atoms with Crippen LogP contribution in [0.1, 0.15) is 27.7 Å². The van der Waals surface area contributed by atoms with E-state index < -0.39 is 16.3 Å². The Morgan fingerprint density at radius 3 is 2.06 bits per heavy atom. The minimum atomic E-state index is -3.50. The maximum absolute atomic E-state index is 11.9. The first-order chi connectivity index (χ1) is 7.26. The van der Waals surface area contributed by atoms with Crippen molar-refractivity contribution in [3.63, 3.8) is 0 Å². The average molecular weight is 267 g/mol. The van der Waals surface area contributed by atoms with E-state index in [1.165, 1.54) is 4.31 Å². The van der Waals surface area contributed by atoms with Gasteiger partial charge in [-0.05, 0) is 5.92 Å². The van der Waals surface area contributed by atoms with Crippen LogP contribution < -0.4 is 10.5 Å². The highest BCUT2D eigenvalue weighted by molar-refractivity contribution is 7.87. The normalized spacial score (nSPS) is 14.4. The van der Waals surface area contributed by atoms with Gasteiger partial charge in [0.15, 0.2) is 0 Å². The number of hydrogen-bond donors (Lipinski definition) is 2. The molecule has 0 bridgehead atoms. The van der Waals surface area contributed by atoms with Crippen molar-refractivity contribution in [3.8, 4) is 0 Å². The van der Waals surface area contributed by atoms with Crippen LogP contribution in [0.25, 0.3) is 0 Å². The van der Waals surface area contributed by atoms with Gasteiger partial charge in [0.1, 0.15) is 0 Å². The summed E-state index contributed by atoms with van der Waals surface area (Å²) in [7, 11) is -3.50. The highest BCUT2D eigenvalue weighted by atomic mass is 32.2. The molecular weight excluding hydrogens is 246 g/mol. The quantitative estimate of drug-likeness (QED) is 0.658. The smallest absolute Gasteiger partial charge is 0.280 e. The molecule has 0 fully saturated rings. The van der Waals surface area contributed by atoms with Crippen LogP contribution in [0.15, 0.2) is 0 Å². The molecule has 0 aromatic heterocycles. The van der Waals surface area contributed by atoms with Crippen molar-refractivity contribution < 1.29 is 8.42 Å². The Bertz CT molecular complexity index is 324. The summed E-state index contributed by atoms with van der Waals surface area (Å²) < 4.78 is 27.7. The molecule has 0 heterocycles. The maximum atomic E-state index is 11.9. The number of nitrogens with one attached hydrogen (secondary N) is 1. The zero-order valence-electron chi connectivity index (χ0n) is 10.2. The van der Waals surface area contributed by atoms with Crippen molar-refractivity contribution in [2.45, 2.75) is 33.7 Å². The highest BCUT2D eigenvalue weighted by Crippen LogP contribution is 2.06. The summed E-state index contributed by atoms with van der Waals surface area (Å²) in [5, 5.41) is 0. The molecule has 0 radical (unpaired) electrons. The minimum absolute atomic E-state index is 0.0304. The van der Waals surface area contributed by atoms with Crippen LogP contribution >= 0.6 is 12.2 Å². The van der Waals surface area contributed by atoms with Crippen LogP contribution in [-0.2, 0) is 10.2 Å². The fourth-order valence-electron chi connectivity index (χ4n) is 1.32. The average Bonchev–Trinajstić information content (AvgIpc) is 2.14. The van der Waals surface area contributed by atoms with Crippen LogP contribution in [0.3, 0.4) is 0 Å². The van der Waals surface area contributed by atoms with Crippen molar-refractivity contribution in [1.29, 1.82) is 0 Å². The first-order valence-corrected chi connectivity index (χ1v) is 7.17. The molecule has 0 aromatic carbocycles.